The van der Waals surface area contributed by atoms with Crippen LogP contribution in [0.5, 0.6) is 0 Å². The van der Waals surface area contributed by atoms with Gasteiger partial charge in [-0.05, 0) is 30.5 Å². The van der Waals surface area contributed by atoms with Gasteiger partial charge in [0.2, 0.25) is 0 Å². The lowest BCUT2D eigenvalue weighted by Gasteiger charge is -2.26. The number of hydrogen-bond acceptors (Lipinski definition) is 3. The lowest BCUT2D eigenvalue weighted by molar-refractivity contribution is 0.0271. The first-order valence-electron chi connectivity index (χ1n) is 5.52. The Kier molecular flexibility index (Phi) is 4.09. The van der Waals surface area contributed by atoms with Crippen LogP contribution in [0.2, 0.25) is 0 Å². The van der Waals surface area contributed by atoms with Gasteiger partial charge in [-0.1, -0.05) is 20.3 Å². The molecule has 15 heavy (non-hydrogen) atoms. The maximum Gasteiger partial charge on any atom is 0.123 e. The van der Waals surface area contributed by atoms with Crippen molar-refractivity contribution in [2.24, 2.45) is 0 Å². The first-order chi connectivity index (χ1) is 7.09. The van der Waals surface area contributed by atoms with Crippen LogP contribution in [-0.4, -0.2) is 15.7 Å². The molecule has 0 bridgehead atoms. The predicted octanol–water partition coefficient (Wildman–Crippen LogP) is 2.15. The minimum absolute atomic E-state index is 0.516. The van der Waals surface area contributed by atoms with E-state index in [1.54, 1.807) is 6.20 Å². The number of aromatic nitrogens is 1. The van der Waals surface area contributed by atoms with Crippen molar-refractivity contribution in [3.05, 3.63) is 23.9 Å². The van der Waals surface area contributed by atoms with Crippen LogP contribution < -0.4 is 5.73 Å². The maximum absolute atomic E-state index is 10.3. The first-order valence-corrected chi connectivity index (χ1v) is 5.52. The number of pyridine rings is 1. The average Bonchev–Trinajstić information content (AvgIpc) is 2.18. The van der Waals surface area contributed by atoms with Gasteiger partial charge in [-0.3, -0.25) is 0 Å². The molecule has 3 nitrogen and oxygen atoms in total. The zero-order valence-corrected chi connectivity index (χ0v) is 9.53. The Morgan fingerprint density at radius 3 is 2.73 bits per heavy atom. The molecule has 1 unspecified atom stereocenters. The smallest absolute Gasteiger partial charge is 0.123 e. The number of nitrogens with zero attached hydrogens (tertiary/aromatic N) is 1. The maximum atomic E-state index is 10.3. The zero-order valence-electron chi connectivity index (χ0n) is 9.53. The van der Waals surface area contributed by atoms with E-state index in [1.807, 2.05) is 19.1 Å². The van der Waals surface area contributed by atoms with Gasteiger partial charge in [0.05, 0.1) is 5.60 Å². The van der Waals surface area contributed by atoms with Crippen LogP contribution in [0, 0.1) is 0 Å². The van der Waals surface area contributed by atoms with Gasteiger partial charge in [0.1, 0.15) is 5.82 Å². The third-order valence-corrected chi connectivity index (χ3v) is 2.75. The van der Waals surface area contributed by atoms with Crippen molar-refractivity contribution in [2.45, 2.75) is 45.1 Å². The van der Waals surface area contributed by atoms with E-state index in [1.165, 1.54) is 0 Å². The molecule has 1 rings (SSSR count). The van der Waals surface area contributed by atoms with Gasteiger partial charge in [-0.2, -0.15) is 0 Å². The molecule has 1 aromatic rings. The van der Waals surface area contributed by atoms with E-state index in [0.29, 0.717) is 12.2 Å². The second-order valence-corrected chi connectivity index (χ2v) is 4.09. The van der Waals surface area contributed by atoms with Gasteiger partial charge in [-0.15, -0.1) is 0 Å². The standard InChI is InChI=1S/C12H20N2O/c1-3-6-12(15,4-2)9-10-5-7-14-11(13)8-10/h5,7-8,15H,3-4,6,9H2,1-2H3,(H2,13,14). The van der Waals surface area contributed by atoms with Crippen LogP contribution in [0.1, 0.15) is 38.7 Å². The van der Waals surface area contributed by atoms with E-state index in [-0.39, 0.29) is 0 Å². The van der Waals surface area contributed by atoms with E-state index >= 15 is 0 Å². The first kappa shape index (κ1) is 12.0. The second kappa shape index (κ2) is 5.12. The molecular weight excluding hydrogens is 188 g/mol. The summed E-state index contributed by atoms with van der Waals surface area (Å²) in [4.78, 5) is 3.94. The Hall–Kier alpha value is -1.09. The van der Waals surface area contributed by atoms with Crippen LogP contribution in [0.25, 0.3) is 0 Å². The van der Waals surface area contributed by atoms with Gasteiger partial charge in [-0.25, -0.2) is 4.98 Å². The summed E-state index contributed by atoms with van der Waals surface area (Å²) < 4.78 is 0. The lowest BCUT2D eigenvalue weighted by Crippen LogP contribution is -2.30. The monoisotopic (exact) mass is 208 g/mol. The number of hydrogen-bond donors (Lipinski definition) is 2. The molecule has 1 atom stereocenters. The molecule has 0 saturated carbocycles. The Balaban J connectivity index is 2.74. The van der Waals surface area contributed by atoms with Crippen molar-refractivity contribution in [2.75, 3.05) is 5.73 Å². The molecule has 0 amide bonds. The largest absolute Gasteiger partial charge is 0.390 e. The van der Waals surface area contributed by atoms with Crippen molar-refractivity contribution in [3.63, 3.8) is 0 Å². The third kappa shape index (κ3) is 3.51. The van der Waals surface area contributed by atoms with Crippen molar-refractivity contribution in [3.8, 4) is 0 Å². The molecule has 0 aromatic carbocycles. The molecule has 0 saturated heterocycles. The molecule has 0 fully saturated rings. The summed E-state index contributed by atoms with van der Waals surface area (Å²) in [5.74, 6) is 0.516. The summed E-state index contributed by atoms with van der Waals surface area (Å²) in [7, 11) is 0. The summed E-state index contributed by atoms with van der Waals surface area (Å²) in [5.41, 5.74) is 6.06. The summed E-state index contributed by atoms with van der Waals surface area (Å²) in [5, 5.41) is 10.3. The fourth-order valence-electron chi connectivity index (χ4n) is 1.84. The fourth-order valence-corrected chi connectivity index (χ4v) is 1.84. The van der Waals surface area contributed by atoms with E-state index < -0.39 is 5.60 Å². The SMILES string of the molecule is CCCC(O)(CC)Cc1ccnc(N)c1. The van der Waals surface area contributed by atoms with Crippen LogP contribution >= 0.6 is 0 Å². The Morgan fingerprint density at radius 2 is 2.20 bits per heavy atom. The minimum atomic E-state index is -0.595. The summed E-state index contributed by atoms with van der Waals surface area (Å²) in [6.07, 6.45) is 4.93. The average molecular weight is 208 g/mol. The summed E-state index contributed by atoms with van der Waals surface area (Å²) in [6, 6.07) is 3.74. The number of aliphatic hydroxyl groups is 1. The molecular formula is C12H20N2O. The highest BCUT2D eigenvalue weighted by molar-refractivity contribution is 5.32. The van der Waals surface area contributed by atoms with E-state index in [9.17, 15) is 5.11 Å². The van der Waals surface area contributed by atoms with E-state index in [4.69, 9.17) is 5.73 Å². The highest BCUT2D eigenvalue weighted by atomic mass is 16.3. The zero-order chi connectivity index (χ0) is 11.3. The quantitative estimate of drug-likeness (QED) is 0.779. The highest BCUT2D eigenvalue weighted by Gasteiger charge is 2.23. The highest BCUT2D eigenvalue weighted by Crippen LogP contribution is 2.23. The molecule has 84 valence electrons. The third-order valence-electron chi connectivity index (χ3n) is 2.75. The van der Waals surface area contributed by atoms with Crippen molar-refractivity contribution in [1.29, 1.82) is 0 Å². The van der Waals surface area contributed by atoms with Crippen molar-refractivity contribution in [1.82, 2.24) is 4.98 Å². The van der Waals surface area contributed by atoms with Gasteiger partial charge >= 0.3 is 0 Å². The molecule has 3 heteroatoms. The van der Waals surface area contributed by atoms with Gasteiger partial charge in [0, 0.05) is 12.6 Å². The fraction of sp³-hybridized carbons (Fsp3) is 0.583. The summed E-state index contributed by atoms with van der Waals surface area (Å²) >= 11 is 0. The number of nitrogen functional groups attached to an aromatic ring is 1. The Morgan fingerprint density at radius 1 is 1.47 bits per heavy atom. The van der Waals surface area contributed by atoms with Crippen molar-refractivity contribution < 1.29 is 5.11 Å². The number of rotatable bonds is 5. The second-order valence-electron chi connectivity index (χ2n) is 4.09. The lowest BCUT2D eigenvalue weighted by atomic mass is 9.88. The molecule has 3 N–H and O–H groups in total. The number of anilines is 1. The Bertz CT molecular complexity index is 314. The topological polar surface area (TPSA) is 59.1 Å². The molecule has 0 radical (unpaired) electrons. The molecule has 1 aromatic heterocycles. The van der Waals surface area contributed by atoms with Crippen LogP contribution in [0.15, 0.2) is 18.3 Å². The normalized spacial score (nSPS) is 14.9. The van der Waals surface area contributed by atoms with E-state index in [0.717, 1.165) is 24.8 Å². The Labute approximate surface area is 91.3 Å². The molecule has 1 heterocycles. The van der Waals surface area contributed by atoms with Crippen LogP contribution in [0.3, 0.4) is 0 Å². The summed E-state index contributed by atoms with van der Waals surface area (Å²) in [6.45, 7) is 4.10. The van der Waals surface area contributed by atoms with Gasteiger partial charge in [0.15, 0.2) is 0 Å². The minimum Gasteiger partial charge on any atom is -0.390 e. The number of nitrogens with two attached hydrogens (primary N) is 1. The van der Waals surface area contributed by atoms with Gasteiger partial charge < -0.3 is 10.8 Å². The van der Waals surface area contributed by atoms with Crippen LogP contribution in [0.4, 0.5) is 5.82 Å². The predicted molar refractivity (Wildman–Crippen MR) is 62.5 cm³/mol. The molecule has 0 spiro atoms. The van der Waals surface area contributed by atoms with Gasteiger partial charge in [0.25, 0.3) is 0 Å². The molecule has 0 aliphatic rings. The van der Waals surface area contributed by atoms with Crippen LogP contribution in [-0.2, 0) is 6.42 Å². The molecule has 0 aliphatic carbocycles. The van der Waals surface area contributed by atoms with Crippen molar-refractivity contribution >= 4 is 5.82 Å². The molecule has 0 aliphatic heterocycles. The van der Waals surface area contributed by atoms with E-state index in [2.05, 4.69) is 11.9 Å².